The summed E-state index contributed by atoms with van der Waals surface area (Å²) in [7, 11) is 3.25. The van der Waals surface area contributed by atoms with Crippen molar-refractivity contribution >= 4 is 11.8 Å². The zero-order chi connectivity index (χ0) is 10.7. The lowest BCUT2D eigenvalue weighted by Gasteiger charge is -2.23. The zero-order valence-corrected chi connectivity index (χ0v) is 9.10. The maximum atomic E-state index is 5.35. The molecule has 2 aliphatic heterocycles. The van der Waals surface area contributed by atoms with Gasteiger partial charge in [0, 0.05) is 12.5 Å². The second-order valence-electron chi connectivity index (χ2n) is 3.65. The number of aliphatic imine (C=N–C) groups is 2. The first-order chi connectivity index (χ1) is 7.35. The predicted octanol–water partition coefficient (Wildman–Crippen LogP) is 0.495. The quantitative estimate of drug-likeness (QED) is 0.635. The molecule has 0 saturated carbocycles. The second kappa shape index (κ2) is 4.61. The van der Waals surface area contributed by atoms with E-state index in [-0.39, 0.29) is 6.04 Å². The highest BCUT2D eigenvalue weighted by molar-refractivity contribution is 5.92. The van der Waals surface area contributed by atoms with E-state index in [2.05, 4.69) is 9.98 Å². The molecule has 2 heterocycles. The minimum atomic E-state index is -0.0267. The summed E-state index contributed by atoms with van der Waals surface area (Å²) in [6, 6.07) is -0.0267. The largest absolute Gasteiger partial charge is 0.483 e. The Balaban J connectivity index is 2.12. The van der Waals surface area contributed by atoms with E-state index in [4.69, 9.17) is 14.2 Å². The number of methoxy groups -OCH3 is 2. The summed E-state index contributed by atoms with van der Waals surface area (Å²) < 4.78 is 15.7. The Morgan fingerprint density at radius 2 is 2.20 bits per heavy atom. The Bertz CT molecular complexity index is 282. The van der Waals surface area contributed by atoms with Crippen molar-refractivity contribution in [3.8, 4) is 0 Å². The van der Waals surface area contributed by atoms with E-state index in [1.807, 2.05) is 0 Å². The molecule has 0 aromatic carbocycles. The van der Waals surface area contributed by atoms with E-state index in [1.54, 1.807) is 14.2 Å². The molecule has 2 atom stereocenters. The highest BCUT2D eigenvalue weighted by atomic mass is 16.5. The van der Waals surface area contributed by atoms with Crippen LogP contribution in [0.2, 0.25) is 0 Å². The van der Waals surface area contributed by atoms with Crippen LogP contribution < -0.4 is 0 Å². The summed E-state index contributed by atoms with van der Waals surface area (Å²) >= 11 is 0. The highest BCUT2D eigenvalue weighted by Crippen LogP contribution is 2.22. The number of rotatable bonds is 1. The summed E-state index contributed by atoms with van der Waals surface area (Å²) in [5.74, 6) is 1.74. The third-order valence-corrected chi connectivity index (χ3v) is 2.76. The average molecular weight is 212 g/mol. The van der Waals surface area contributed by atoms with Gasteiger partial charge >= 0.3 is 0 Å². The molecule has 0 spiro atoms. The Morgan fingerprint density at radius 3 is 2.80 bits per heavy atom. The van der Waals surface area contributed by atoms with Gasteiger partial charge in [-0.2, -0.15) is 0 Å². The normalized spacial score (nSPS) is 30.8. The van der Waals surface area contributed by atoms with E-state index < -0.39 is 0 Å². The number of hydrogen-bond donors (Lipinski definition) is 0. The van der Waals surface area contributed by atoms with E-state index in [1.165, 1.54) is 0 Å². The van der Waals surface area contributed by atoms with Crippen molar-refractivity contribution in [1.29, 1.82) is 0 Å². The summed E-state index contributed by atoms with van der Waals surface area (Å²) in [6.07, 6.45) is 1.01. The van der Waals surface area contributed by atoms with Gasteiger partial charge in [0.2, 0.25) is 11.8 Å². The van der Waals surface area contributed by atoms with Gasteiger partial charge in [-0.3, -0.25) is 0 Å². The van der Waals surface area contributed by atoms with Crippen LogP contribution in [0.4, 0.5) is 0 Å². The van der Waals surface area contributed by atoms with Crippen molar-refractivity contribution in [3.63, 3.8) is 0 Å². The highest BCUT2D eigenvalue weighted by Gasteiger charge is 2.32. The van der Waals surface area contributed by atoms with Gasteiger partial charge in [0.25, 0.3) is 0 Å². The second-order valence-corrected chi connectivity index (χ2v) is 3.65. The molecule has 0 N–H and O–H groups in total. The monoisotopic (exact) mass is 212 g/mol. The number of nitrogens with zero attached hydrogens (tertiary/aromatic N) is 2. The standard InChI is InChI=1S/C10H16N2O3/c1-13-8-5-11-10(14-2)9(12-8)7-3-4-15-6-7/h7,9H,3-6H2,1-2H3. The first-order valence-electron chi connectivity index (χ1n) is 5.12. The SMILES string of the molecule is COC1=NC(C2CCOC2)C(OC)=NC1. The van der Waals surface area contributed by atoms with Gasteiger partial charge in [0.05, 0.1) is 20.8 Å². The topological polar surface area (TPSA) is 52.4 Å². The first-order valence-corrected chi connectivity index (χ1v) is 5.12. The van der Waals surface area contributed by atoms with Crippen molar-refractivity contribution in [1.82, 2.24) is 0 Å². The summed E-state index contributed by atoms with van der Waals surface area (Å²) in [5, 5.41) is 0. The van der Waals surface area contributed by atoms with E-state index in [9.17, 15) is 0 Å². The van der Waals surface area contributed by atoms with Crippen molar-refractivity contribution in [2.75, 3.05) is 34.0 Å². The lowest BCUT2D eigenvalue weighted by molar-refractivity contribution is 0.182. The fraction of sp³-hybridized carbons (Fsp3) is 0.800. The molecular formula is C10H16N2O3. The fourth-order valence-corrected chi connectivity index (χ4v) is 1.90. The van der Waals surface area contributed by atoms with Crippen molar-refractivity contribution in [3.05, 3.63) is 0 Å². The van der Waals surface area contributed by atoms with Gasteiger partial charge in [-0.15, -0.1) is 0 Å². The summed E-state index contributed by atoms with van der Waals surface area (Å²) in [5.41, 5.74) is 0. The van der Waals surface area contributed by atoms with Gasteiger partial charge in [0.15, 0.2) is 0 Å². The molecule has 5 heteroatoms. The Morgan fingerprint density at radius 1 is 1.33 bits per heavy atom. The molecule has 0 aromatic rings. The van der Waals surface area contributed by atoms with Crippen LogP contribution >= 0.6 is 0 Å². The van der Waals surface area contributed by atoms with Crippen LogP contribution in [0.25, 0.3) is 0 Å². The number of hydrogen-bond acceptors (Lipinski definition) is 5. The van der Waals surface area contributed by atoms with Crippen LogP contribution in [0.15, 0.2) is 9.98 Å². The molecule has 84 valence electrons. The molecule has 0 aliphatic carbocycles. The van der Waals surface area contributed by atoms with E-state index >= 15 is 0 Å². The van der Waals surface area contributed by atoms with Gasteiger partial charge in [0.1, 0.15) is 12.6 Å². The molecule has 15 heavy (non-hydrogen) atoms. The Labute approximate surface area is 89.1 Å². The maximum absolute atomic E-state index is 5.35. The van der Waals surface area contributed by atoms with Gasteiger partial charge in [-0.1, -0.05) is 0 Å². The van der Waals surface area contributed by atoms with Crippen LogP contribution in [0.3, 0.4) is 0 Å². The molecule has 1 fully saturated rings. The molecule has 5 nitrogen and oxygen atoms in total. The average Bonchev–Trinajstić information content (AvgIpc) is 2.81. The fourth-order valence-electron chi connectivity index (χ4n) is 1.90. The molecule has 0 bridgehead atoms. The van der Waals surface area contributed by atoms with Crippen LogP contribution in [-0.2, 0) is 14.2 Å². The van der Waals surface area contributed by atoms with E-state index in [0.717, 1.165) is 19.6 Å². The lowest BCUT2D eigenvalue weighted by atomic mass is 9.99. The maximum Gasteiger partial charge on any atom is 0.209 e. The van der Waals surface area contributed by atoms with Crippen molar-refractivity contribution in [2.24, 2.45) is 15.9 Å². The van der Waals surface area contributed by atoms with Crippen LogP contribution in [0.1, 0.15) is 6.42 Å². The van der Waals surface area contributed by atoms with Crippen molar-refractivity contribution < 1.29 is 14.2 Å². The van der Waals surface area contributed by atoms with Gasteiger partial charge in [-0.25, -0.2) is 9.98 Å². The van der Waals surface area contributed by atoms with Crippen LogP contribution in [-0.4, -0.2) is 51.8 Å². The van der Waals surface area contributed by atoms with Crippen LogP contribution in [0, 0.1) is 5.92 Å². The third-order valence-electron chi connectivity index (χ3n) is 2.76. The van der Waals surface area contributed by atoms with Gasteiger partial charge < -0.3 is 14.2 Å². The minimum Gasteiger partial charge on any atom is -0.483 e. The van der Waals surface area contributed by atoms with Crippen molar-refractivity contribution in [2.45, 2.75) is 12.5 Å². The molecular weight excluding hydrogens is 196 g/mol. The van der Waals surface area contributed by atoms with E-state index in [0.29, 0.717) is 24.3 Å². The van der Waals surface area contributed by atoms with Gasteiger partial charge in [-0.05, 0) is 6.42 Å². The molecule has 0 radical (unpaired) electrons. The minimum absolute atomic E-state index is 0.0267. The predicted molar refractivity (Wildman–Crippen MR) is 56.5 cm³/mol. The molecule has 2 aliphatic rings. The molecule has 2 unspecified atom stereocenters. The smallest absolute Gasteiger partial charge is 0.209 e. The molecule has 0 amide bonds. The Hall–Kier alpha value is -1.10. The molecule has 1 saturated heterocycles. The third kappa shape index (κ3) is 2.12. The lowest BCUT2D eigenvalue weighted by Crippen LogP contribution is -2.35. The Kier molecular flexibility index (Phi) is 3.20. The molecule has 0 aromatic heterocycles. The molecule has 2 rings (SSSR count). The summed E-state index contributed by atoms with van der Waals surface area (Å²) in [6.45, 7) is 2.01. The number of ether oxygens (including phenoxy) is 3. The van der Waals surface area contributed by atoms with Crippen LogP contribution in [0.5, 0.6) is 0 Å². The summed E-state index contributed by atoms with van der Waals surface area (Å²) in [4.78, 5) is 8.80. The zero-order valence-electron chi connectivity index (χ0n) is 9.10. The first kappa shape index (κ1) is 10.4.